The quantitative estimate of drug-likeness (QED) is 0.659. The van der Waals surface area contributed by atoms with Crippen LogP contribution in [-0.4, -0.2) is 42.8 Å². The van der Waals surface area contributed by atoms with Gasteiger partial charge < -0.3 is 15.0 Å². The monoisotopic (exact) mass is 186 g/mol. The molecule has 4 heteroatoms. The van der Waals surface area contributed by atoms with Crippen LogP contribution in [0.4, 0.5) is 4.79 Å². The van der Waals surface area contributed by atoms with Crippen molar-refractivity contribution >= 4 is 6.09 Å². The van der Waals surface area contributed by atoms with Crippen molar-refractivity contribution in [1.29, 1.82) is 0 Å². The Balaban J connectivity index is 2.37. The fourth-order valence-corrected chi connectivity index (χ4v) is 1.37. The van der Waals surface area contributed by atoms with Crippen LogP contribution >= 0.6 is 0 Å². The van der Waals surface area contributed by atoms with Gasteiger partial charge in [-0.05, 0) is 20.8 Å². The molecule has 76 valence electrons. The minimum atomic E-state index is -0.191. The van der Waals surface area contributed by atoms with Gasteiger partial charge in [0.2, 0.25) is 0 Å². The van der Waals surface area contributed by atoms with Crippen molar-refractivity contribution in [2.45, 2.75) is 32.9 Å². The highest BCUT2D eigenvalue weighted by atomic mass is 16.6. The summed E-state index contributed by atoms with van der Waals surface area (Å²) in [6, 6.07) is 0.369. The van der Waals surface area contributed by atoms with Crippen molar-refractivity contribution < 1.29 is 9.53 Å². The number of nitrogens with one attached hydrogen (secondary N) is 1. The summed E-state index contributed by atoms with van der Waals surface area (Å²) in [7, 11) is 0. The third-order valence-electron chi connectivity index (χ3n) is 1.96. The maximum atomic E-state index is 11.4. The summed E-state index contributed by atoms with van der Waals surface area (Å²) in [6.45, 7) is 8.14. The largest absolute Gasteiger partial charge is 0.447 e. The fraction of sp³-hybridized carbons (Fsp3) is 0.889. The molecule has 13 heavy (non-hydrogen) atoms. The Kier molecular flexibility index (Phi) is 3.54. The van der Waals surface area contributed by atoms with Crippen LogP contribution in [0.2, 0.25) is 0 Å². The first-order valence-corrected chi connectivity index (χ1v) is 4.78. The molecule has 1 fully saturated rings. The van der Waals surface area contributed by atoms with Crippen LogP contribution in [-0.2, 0) is 4.74 Å². The lowest BCUT2D eigenvalue weighted by atomic mass is 10.2. The lowest BCUT2D eigenvalue weighted by molar-refractivity contribution is 0.0685. The maximum Gasteiger partial charge on any atom is 0.410 e. The van der Waals surface area contributed by atoms with E-state index >= 15 is 0 Å². The third kappa shape index (κ3) is 3.22. The number of ether oxygens (including phenoxy) is 1. The Labute approximate surface area is 79.2 Å². The van der Waals surface area contributed by atoms with Crippen molar-refractivity contribution in [2.75, 3.05) is 19.6 Å². The van der Waals surface area contributed by atoms with Crippen molar-refractivity contribution in [1.82, 2.24) is 10.2 Å². The van der Waals surface area contributed by atoms with E-state index < -0.39 is 0 Å². The number of hydrogen-bond donors (Lipinski definition) is 1. The Morgan fingerprint density at radius 3 is 2.85 bits per heavy atom. The van der Waals surface area contributed by atoms with Crippen LogP contribution in [0.15, 0.2) is 0 Å². The fourth-order valence-electron chi connectivity index (χ4n) is 1.37. The summed E-state index contributed by atoms with van der Waals surface area (Å²) < 4.78 is 5.10. The molecule has 0 unspecified atom stereocenters. The zero-order chi connectivity index (χ0) is 9.84. The van der Waals surface area contributed by atoms with Crippen LogP contribution < -0.4 is 5.32 Å². The minimum absolute atomic E-state index is 0.0299. The van der Waals surface area contributed by atoms with Crippen molar-refractivity contribution in [2.24, 2.45) is 0 Å². The normalized spacial score (nSPS) is 23.4. The molecule has 1 heterocycles. The first kappa shape index (κ1) is 10.3. The second kappa shape index (κ2) is 4.46. The number of amides is 1. The van der Waals surface area contributed by atoms with Gasteiger partial charge in [0.05, 0.1) is 6.10 Å². The number of nitrogens with zero attached hydrogens (tertiary/aromatic N) is 1. The van der Waals surface area contributed by atoms with Gasteiger partial charge in [0.1, 0.15) is 0 Å². The van der Waals surface area contributed by atoms with Gasteiger partial charge in [-0.3, -0.25) is 0 Å². The van der Waals surface area contributed by atoms with Crippen molar-refractivity contribution in [3.63, 3.8) is 0 Å². The lowest BCUT2D eigenvalue weighted by Gasteiger charge is -2.31. The van der Waals surface area contributed by atoms with E-state index in [1.54, 1.807) is 4.90 Å². The van der Waals surface area contributed by atoms with E-state index in [0.29, 0.717) is 6.04 Å². The first-order valence-electron chi connectivity index (χ1n) is 4.78. The van der Waals surface area contributed by atoms with Gasteiger partial charge in [0.15, 0.2) is 0 Å². The summed E-state index contributed by atoms with van der Waals surface area (Å²) in [4.78, 5) is 13.2. The average Bonchev–Trinajstić information content (AvgIpc) is 2.03. The standard InChI is InChI=1S/C9H18N2O2/c1-7(2)13-9(12)11-5-4-10-8(3)6-11/h7-8,10H,4-6H2,1-3H3/t8-/m0/s1. The summed E-state index contributed by atoms with van der Waals surface area (Å²) in [5, 5.41) is 3.27. The highest BCUT2D eigenvalue weighted by molar-refractivity contribution is 5.68. The van der Waals surface area contributed by atoms with Gasteiger partial charge in [-0.1, -0.05) is 0 Å². The molecule has 1 atom stereocenters. The van der Waals surface area contributed by atoms with E-state index in [1.807, 2.05) is 13.8 Å². The Morgan fingerprint density at radius 1 is 1.62 bits per heavy atom. The highest BCUT2D eigenvalue weighted by Crippen LogP contribution is 2.02. The summed E-state index contributed by atoms with van der Waals surface area (Å²) in [5.41, 5.74) is 0. The molecule has 0 aromatic rings. The van der Waals surface area contributed by atoms with Gasteiger partial charge in [-0.2, -0.15) is 0 Å². The van der Waals surface area contributed by atoms with Gasteiger partial charge >= 0.3 is 6.09 Å². The summed E-state index contributed by atoms with van der Waals surface area (Å²) in [5.74, 6) is 0. The molecule has 1 aliphatic rings. The molecule has 1 amide bonds. The molecule has 1 N–H and O–H groups in total. The van der Waals surface area contributed by atoms with Gasteiger partial charge in [0, 0.05) is 25.7 Å². The lowest BCUT2D eigenvalue weighted by Crippen LogP contribution is -2.51. The molecule has 1 rings (SSSR count). The predicted octanol–water partition coefficient (Wildman–Crippen LogP) is 0.825. The topological polar surface area (TPSA) is 41.6 Å². The number of piperazine rings is 1. The maximum absolute atomic E-state index is 11.4. The number of carbonyl (C=O) groups excluding carboxylic acids is 1. The van der Waals surface area contributed by atoms with Crippen LogP contribution in [0.3, 0.4) is 0 Å². The third-order valence-corrected chi connectivity index (χ3v) is 1.96. The minimum Gasteiger partial charge on any atom is -0.447 e. The van der Waals surface area contributed by atoms with Gasteiger partial charge in [0.25, 0.3) is 0 Å². The number of rotatable bonds is 1. The molecular weight excluding hydrogens is 168 g/mol. The van der Waals surface area contributed by atoms with Crippen molar-refractivity contribution in [3.05, 3.63) is 0 Å². The van der Waals surface area contributed by atoms with E-state index in [2.05, 4.69) is 12.2 Å². The van der Waals surface area contributed by atoms with Crippen LogP contribution in [0.1, 0.15) is 20.8 Å². The Morgan fingerprint density at radius 2 is 2.31 bits per heavy atom. The molecule has 0 spiro atoms. The average molecular weight is 186 g/mol. The second-order valence-electron chi connectivity index (χ2n) is 3.73. The highest BCUT2D eigenvalue weighted by Gasteiger charge is 2.21. The van der Waals surface area contributed by atoms with E-state index in [4.69, 9.17) is 4.74 Å². The van der Waals surface area contributed by atoms with Crippen LogP contribution in [0.25, 0.3) is 0 Å². The SMILES string of the molecule is CC(C)OC(=O)N1CCN[C@@H](C)C1. The molecular formula is C9H18N2O2. The molecule has 0 aromatic carbocycles. The van der Waals surface area contributed by atoms with E-state index in [9.17, 15) is 4.79 Å². The zero-order valence-electron chi connectivity index (χ0n) is 8.54. The van der Waals surface area contributed by atoms with E-state index in [-0.39, 0.29) is 12.2 Å². The summed E-state index contributed by atoms with van der Waals surface area (Å²) in [6.07, 6.45) is -0.221. The molecule has 0 aliphatic carbocycles. The Bertz CT molecular complexity index is 182. The summed E-state index contributed by atoms with van der Waals surface area (Å²) >= 11 is 0. The first-order chi connectivity index (χ1) is 6.09. The molecule has 1 aliphatic heterocycles. The molecule has 4 nitrogen and oxygen atoms in total. The second-order valence-corrected chi connectivity index (χ2v) is 3.73. The molecule has 1 saturated heterocycles. The molecule has 0 saturated carbocycles. The van der Waals surface area contributed by atoms with Crippen LogP contribution in [0.5, 0.6) is 0 Å². The zero-order valence-corrected chi connectivity index (χ0v) is 8.54. The predicted molar refractivity (Wildman–Crippen MR) is 50.7 cm³/mol. The van der Waals surface area contributed by atoms with E-state index in [0.717, 1.165) is 19.6 Å². The van der Waals surface area contributed by atoms with Gasteiger partial charge in [-0.15, -0.1) is 0 Å². The van der Waals surface area contributed by atoms with Crippen molar-refractivity contribution in [3.8, 4) is 0 Å². The molecule has 0 bridgehead atoms. The molecule has 0 aromatic heterocycles. The Hall–Kier alpha value is -0.770. The van der Waals surface area contributed by atoms with Gasteiger partial charge in [-0.25, -0.2) is 4.79 Å². The molecule has 0 radical (unpaired) electrons. The number of carbonyl (C=O) groups is 1. The number of hydrogen-bond acceptors (Lipinski definition) is 3. The smallest absolute Gasteiger partial charge is 0.410 e. The van der Waals surface area contributed by atoms with Crippen LogP contribution in [0, 0.1) is 0 Å². The van der Waals surface area contributed by atoms with E-state index in [1.165, 1.54) is 0 Å².